The molecule has 1 aliphatic heterocycles. The zero-order chi connectivity index (χ0) is 15.5. The Hall–Kier alpha value is -1.02. The third kappa shape index (κ3) is 5.03. The second-order valence-electron chi connectivity index (χ2n) is 4.87. The molecule has 21 heavy (non-hydrogen) atoms. The largest absolute Gasteiger partial charge is 0.494 e. The van der Waals surface area contributed by atoms with Crippen LogP contribution in [0.4, 0.5) is 13.2 Å². The van der Waals surface area contributed by atoms with Gasteiger partial charge in [0, 0.05) is 19.2 Å². The predicted octanol–water partition coefficient (Wildman–Crippen LogP) is 3.26. The molecule has 0 aromatic carbocycles. The molecule has 1 fully saturated rings. The fourth-order valence-electron chi connectivity index (χ4n) is 2.25. The number of hydrogen-bond acceptors (Lipinski definition) is 4. The molecule has 0 atom stereocenters. The molecule has 0 radical (unpaired) electrons. The zero-order valence-corrected chi connectivity index (χ0v) is 13.1. The summed E-state index contributed by atoms with van der Waals surface area (Å²) in [6.07, 6.45) is -1.55. The molecule has 0 amide bonds. The van der Waals surface area contributed by atoms with Crippen LogP contribution in [0.25, 0.3) is 0 Å². The third-order valence-corrected chi connectivity index (χ3v) is 3.84. The van der Waals surface area contributed by atoms with E-state index in [9.17, 15) is 13.2 Å². The highest BCUT2D eigenvalue weighted by Crippen LogP contribution is 2.28. The summed E-state index contributed by atoms with van der Waals surface area (Å²) in [6, 6.07) is 1.71. The fraction of sp³-hybridized carbons (Fsp3) is 0.615. The molecule has 1 saturated heterocycles. The van der Waals surface area contributed by atoms with Crippen LogP contribution in [0, 0.1) is 0 Å². The minimum Gasteiger partial charge on any atom is -0.494 e. The molecule has 118 valence electrons. The summed E-state index contributed by atoms with van der Waals surface area (Å²) < 4.78 is 48.4. The van der Waals surface area contributed by atoms with Crippen molar-refractivity contribution in [3.8, 4) is 11.5 Å². The lowest BCUT2D eigenvalue weighted by molar-refractivity contribution is -0.149. The maximum absolute atomic E-state index is 12.3. The normalized spacial score (nSPS) is 17.8. The van der Waals surface area contributed by atoms with Gasteiger partial charge < -0.3 is 9.47 Å². The summed E-state index contributed by atoms with van der Waals surface area (Å²) in [5, 5.41) is 0. The number of halogens is 4. The second kappa shape index (κ2) is 6.83. The van der Waals surface area contributed by atoms with E-state index in [-0.39, 0.29) is 6.10 Å². The summed E-state index contributed by atoms with van der Waals surface area (Å²) in [5.41, 5.74) is 0. The van der Waals surface area contributed by atoms with Gasteiger partial charge in [-0.2, -0.15) is 13.2 Å². The standard InChI is InChI=1S/C13H16BrF3N2O2/c1-20-11-6-10(7-18-12(11)14)21-9-2-4-19(5-3-9)8-13(15,16)17/h6-7,9H,2-5,8H2,1H3. The molecule has 0 bridgehead atoms. The van der Waals surface area contributed by atoms with Crippen LogP contribution in [0.1, 0.15) is 12.8 Å². The molecule has 0 spiro atoms. The molecular formula is C13H16BrF3N2O2. The quantitative estimate of drug-likeness (QED) is 0.764. The van der Waals surface area contributed by atoms with Crippen molar-refractivity contribution >= 4 is 15.9 Å². The molecule has 1 aromatic rings. The Balaban J connectivity index is 1.86. The minimum absolute atomic E-state index is 0.0952. The maximum Gasteiger partial charge on any atom is 0.401 e. The summed E-state index contributed by atoms with van der Waals surface area (Å²) in [4.78, 5) is 5.49. The lowest BCUT2D eigenvalue weighted by Crippen LogP contribution is -2.42. The van der Waals surface area contributed by atoms with Gasteiger partial charge in [-0.3, -0.25) is 4.90 Å². The van der Waals surface area contributed by atoms with Gasteiger partial charge in [-0.1, -0.05) is 0 Å². The first-order chi connectivity index (χ1) is 9.87. The Morgan fingerprint density at radius 2 is 2.05 bits per heavy atom. The van der Waals surface area contributed by atoms with Crippen LogP contribution >= 0.6 is 15.9 Å². The van der Waals surface area contributed by atoms with E-state index in [1.807, 2.05) is 0 Å². The number of hydrogen-bond donors (Lipinski definition) is 0. The van der Waals surface area contributed by atoms with Crippen LogP contribution in [-0.4, -0.2) is 48.9 Å². The van der Waals surface area contributed by atoms with E-state index in [1.54, 1.807) is 12.3 Å². The van der Waals surface area contributed by atoms with Crippen molar-refractivity contribution in [1.29, 1.82) is 0 Å². The van der Waals surface area contributed by atoms with Crippen molar-refractivity contribution in [3.63, 3.8) is 0 Å². The first kappa shape index (κ1) is 16.4. The number of nitrogens with zero attached hydrogens (tertiary/aromatic N) is 2. The molecule has 8 heteroatoms. The van der Waals surface area contributed by atoms with E-state index < -0.39 is 12.7 Å². The number of rotatable bonds is 4. The molecule has 0 N–H and O–H groups in total. The van der Waals surface area contributed by atoms with E-state index in [1.165, 1.54) is 12.0 Å². The van der Waals surface area contributed by atoms with Crippen LogP contribution in [0.2, 0.25) is 0 Å². The second-order valence-corrected chi connectivity index (χ2v) is 5.62. The Bertz CT molecular complexity index is 477. The molecular weight excluding hydrogens is 353 g/mol. The van der Waals surface area contributed by atoms with Crippen molar-refractivity contribution < 1.29 is 22.6 Å². The number of methoxy groups -OCH3 is 1. The van der Waals surface area contributed by atoms with Crippen molar-refractivity contribution in [2.24, 2.45) is 0 Å². The Morgan fingerprint density at radius 1 is 1.38 bits per heavy atom. The highest BCUT2D eigenvalue weighted by atomic mass is 79.9. The molecule has 0 unspecified atom stereocenters. The Labute approximate surface area is 129 Å². The van der Waals surface area contributed by atoms with Gasteiger partial charge in [0.2, 0.25) is 0 Å². The lowest BCUT2D eigenvalue weighted by atomic mass is 10.1. The van der Waals surface area contributed by atoms with Gasteiger partial charge in [-0.05, 0) is 28.8 Å². The molecule has 0 saturated carbocycles. The summed E-state index contributed by atoms with van der Waals surface area (Å²) >= 11 is 3.25. The van der Waals surface area contributed by atoms with Crippen molar-refractivity contribution in [2.75, 3.05) is 26.7 Å². The first-order valence-electron chi connectivity index (χ1n) is 6.52. The van der Waals surface area contributed by atoms with Gasteiger partial charge >= 0.3 is 6.18 Å². The van der Waals surface area contributed by atoms with Gasteiger partial charge in [-0.15, -0.1) is 0 Å². The average Bonchev–Trinajstić information content (AvgIpc) is 2.41. The number of alkyl halides is 3. The van der Waals surface area contributed by atoms with E-state index in [0.717, 1.165) is 0 Å². The third-order valence-electron chi connectivity index (χ3n) is 3.24. The monoisotopic (exact) mass is 368 g/mol. The maximum atomic E-state index is 12.3. The minimum atomic E-state index is -4.14. The summed E-state index contributed by atoms with van der Waals surface area (Å²) in [5.74, 6) is 1.12. The number of likely N-dealkylation sites (tertiary alicyclic amines) is 1. The van der Waals surface area contributed by atoms with E-state index in [4.69, 9.17) is 9.47 Å². The molecule has 1 aliphatic rings. The molecule has 4 nitrogen and oxygen atoms in total. The lowest BCUT2D eigenvalue weighted by Gasteiger charge is -2.32. The molecule has 2 heterocycles. The van der Waals surface area contributed by atoms with E-state index in [2.05, 4.69) is 20.9 Å². The number of pyridine rings is 1. The van der Waals surface area contributed by atoms with Crippen LogP contribution < -0.4 is 9.47 Å². The van der Waals surface area contributed by atoms with Gasteiger partial charge in [0.25, 0.3) is 0 Å². The zero-order valence-electron chi connectivity index (χ0n) is 11.5. The summed E-state index contributed by atoms with van der Waals surface area (Å²) in [6.45, 7) is -0.0933. The molecule has 1 aromatic heterocycles. The molecule has 2 rings (SSSR count). The number of ether oxygens (including phenoxy) is 2. The first-order valence-corrected chi connectivity index (χ1v) is 7.32. The van der Waals surface area contributed by atoms with E-state index >= 15 is 0 Å². The Kier molecular flexibility index (Phi) is 5.32. The smallest absolute Gasteiger partial charge is 0.401 e. The van der Waals surface area contributed by atoms with Gasteiger partial charge in [0.1, 0.15) is 16.5 Å². The van der Waals surface area contributed by atoms with Crippen molar-refractivity contribution in [2.45, 2.75) is 25.1 Å². The SMILES string of the molecule is COc1cc(OC2CCN(CC(F)(F)F)CC2)cnc1Br. The highest BCUT2D eigenvalue weighted by molar-refractivity contribution is 9.10. The van der Waals surface area contributed by atoms with Crippen LogP contribution in [-0.2, 0) is 0 Å². The fourth-order valence-corrected chi connectivity index (χ4v) is 2.63. The van der Waals surface area contributed by atoms with Crippen LogP contribution in [0.5, 0.6) is 11.5 Å². The van der Waals surface area contributed by atoms with Crippen LogP contribution in [0.3, 0.4) is 0 Å². The highest BCUT2D eigenvalue weighted by Gasteiger charge is 2.32. The van der Waals surface area contributed by atoms with Crippen LogP contribution in [0.15, 0.2) is 16.9 Å². The topological polar surface area (TPSA) is 34.6 Å². The van der Waals surface area contributed by atoms with Crippen molar-refractivity contribution in [3.05, 3.63) is 16.9 Å². The van der Waals surface area contributed by atoms with Gasteiger partial charge in [0.15, 0.2) is 5.75 Å². The Morgan fingerprint density at radius 3 is 2.62 bits per heavy atom. The predicted molar refractivity (Wildman–Crippen MR) is 74.6 cm³/mol. The average molecular weight is 369 g/mol. The van der Waals surface area contributed by atoms with Gasteiger partial charge in [-0.25, -0.2) is 4.98 Å². The number of aromatic nitrogens is 1. The molecule has 0 aliphatic carbocycles. The van der Waals surface area contributed by atoms with Gasteiger partial charge in [0.05, 0.1) is 19.9 Å². The van der Waals surface area contributed by atoms with Crippen molar-refractivity contribution in [1.82, 2.24) is 9.88 Å². The summed E-state index contributed by atoms with van der Waals surface area (Å²) in [7, 11) is 1.53. The number of piperidine rings is 1. The van der Waals surface area contributed by atoms with E-state index in [0.29, 0.717) is 42.0 Å².